The van der Waals surface area contributed by atoms with E-state index < -0.39 is 0 Å². The summed E-state index contributed by atoms with van der Waals surface area (Å²) in [6.07, 6.45) is 0. The maximum absolute atomic E-state index is 2.40. The molecule has 12 heavy (non-hydrogen) atoms. The van der Waals surface area contributed by atoms with Crippen LogP contribution in [0.2, 0.25) is 0 Å². The normalized spacial score (nSPS) is 10.4. The molecule has 0 spiro atoms. The minimum Gasteiger partial charge on any atom is -0.0812 e. The van der Waals surface area contributed by atoms with Gasteiger partial charge in [0, 0.05) is 4.43 Å². The van der Waals surface area contributed by atoms with E-state index in [1.807, 2.05) is 0 Å². The smallest absolute Gasteiger partial charge is 0.0253 e. The van der Waals surface area contributed by atoms with Crippen molar-refractivity contribution in [3.05, 3.63) is 48.0 Å². The molecule has 0 aliphatic rings. The maximum atomic E-state index is 2.40. The van der Waals surface area contributed by atoms with Gasteiger partial charge in [-0.05, 0) is 16.3 Å². The lowest BCUT2D eigenvalue weighted by molar-refractivity contribution is 1.51. The molecular formula is C11H9I. The van der Waals surface area contributed by atoms with E-state index in [1.54, 1.807) is 0 Å². The van der Waals surface area contributed by atoms with Crippen molar-refractivity contribution in [3.8, 4) is 0 Å². The molecular weight excluding hydrogens is 259 g/mol. The Labute approximate surface area is 85.7 Å². The van der Waals surface area contributed by atoms with Crippen molar-refractivity contribution in [1.29, 1.82) is 0 Å². The van der Waals surface area contributed by atoms with Gasteiger partial charge in [-0.1, -0.05) is 65.1 Å². The fourth-order valence-corrected chi connectivity index (χ4v) is 2.07. The van der Waals surface area contributed by atoms with Crippen molar-refractivity contribution in [1.82, 2.24) is 0 Å². The van der Waals surface area contributed by atoms with Gasteiger partial charge in [0.2, 0.25) is 0 Å². The zero-order valence-corrected chi connectivity index (χ0v) is 8.78. The van der Waals surface area contributed by atoms with Crippen molar-refractivity contribution in [2.24, 2.45) is 0 Å². The highest BCUT2D eigenvalue weighted by molar-refractivity contribution is 14.1. The van der Waals surface area contributed by atoms with E-state index in [2.05, 4.69) is 65.1 Å². The molecule has 0 saturated heterocycles. The first-order valence-electron chi connectivity index (χ1n) is 3.94. The second-order valence-electron chi connectivity index (χ2n) is 2.77. The van der Waals surface area contributed by atoms with E-state index in [1.165, 1.54) is 16.3 Å². The van der Waals surface area contributed by atoms with Crippen LogP contribution in [0, 0.1) is 0 Å². The zero-order valence-electron chi connectivity index (χ0n) is 6.63. The van der Waals surface area contributed by atoms with Gasteiger partial charge in [0.25, 0.3) is 0 Å². The summed E-state index contributed by atoms with van der Waals surface area (Å²) in [5.74, 6) is 0. The van der Waals surface area contributed by atoms with Crippen LogP contribution in [0.25, 0.3) is 10.8 Å². The van der Waals surface area contributed by atoms with E-state index in [9.17, 15) is 0 Å². The summed E-state index contributed by atoms with van der Waals surface area (Å²) in [4.78, 5) is 0. The first-order valence-corrected chi connectivity index (χ1v) is 5.47. The van der Waals surface area contributed by atoms with Gasteiger partial charge >= 0.3 is 0 Å². The van der Waals surface area contributed by atoms with Crippen LogP contribution in [-0.2, 0) is 4.43 Å². The molecule has 0 radical (unpaired) electrons. The summed E-state index contributed by atoms with van der Waals surface area (Å²) < 4.78 is 1.08. The van der Waals surface area contributed by atoms with Crippen molar-refractivity contribution in [2.75, 3.05) is 0 Å². The molecule has 2 rings (SSSR count). The quantitative estimate of drug-likeness (QED) is 0.545. The second kappa shape index (κ2) is 3.44. The minimum absolute atomic E-state index is 1.08. The summed E-state index contributed by atoms with van der Waals surface area (Å²) in [7, 11) is 0. The Morgan fingerprint density at radius 3 is 2.50 bits per heavy atom. The molecule has 0 saturated carbocycles. The number of alkyl halides is 1. The minimum atomic E-state index is 1.08. The Kier molecular flexibility index (Phi) is 2.30. The fraction of sp³-hybridized carbons (Fsp3) is 0.0909. The zero-order chi connectivity index (χ0) is 8.39. The summed E-state index contributed by atoms with van der Waals surface area (Å²) in [5.41, 5.74) is 1.42. The molecule has 2 aromatic rings. The van der Waals surface area contributed by atoms with Crippen LogP contribution in [-0.4, -0.2) is 0 Å². The summed E-state index contributed by atoms with van der Waals surface area (Å²) in [6, 6.07) is 15.0. The highest BCUT2D eigenvalue weighted by Crippen LogP contribution is 2.20. The number of hydrogen-bond acceptors (Lipinski definition) is 0. The molecule has 0 N–H and O–H groups in total. The van der Waals surface area contributed by atoms with Gasteiger partial charge < -0.3 is 0 Å². The largest absolute Gasteiger partial charge is 0.0812 e. The van der Waals surface area contributed by atoms with Crippen LogP contribution in [0.5, 0.6) is 0 Å². The number of hydrogen-bond donors (Lipinski definition) is 0. The fourth-order valence-electron chi connectivity index (χ4n) is 1.41. The lowest BCUT2D eigenvalue weighted by Crippen LogP contribution is -1.79. The van der Waals surface area contributed by atoms with Crippen LogP contribution in [0.1, 0.15) is 5.56 Å². The Balaban J connectivity index is 2.79. The third-order valence-corrected chi connectivity index (χ3v) is 2.85. The molecule has 0 unspecified atom stereocenters. The third-order valence-electron chi connectivity index (χ3n) is 2.02. The average molecular weight is 268 g/mol. The van der Waals surface area contributed by atoms with Gasteiger partial charge in [0.15, 0.2) is 0 Å². The van der Waals surface area contributed by atoms with Crippen molar-refractivity contribution >= 4 is 33.4 Å². The van der Waals surface area contributed by atoms with Crippen LogP contribution in [0.4, 0.5) is 0 Å². The SMILES string of the molecule is ICc1cccc2ccccc12. The average Bonchev–Trinajstić information content (AvgIpc) is 2.17. The maximum Gasteiger partial charge on any atom is 0.0253 e. The molecule has 0 aliphatic heterocycles. The van der Waals surface area contributed by atoms with Gasteiger partial charge in [-0.15, -0.1) is 0 Å². The first-order chi connectivity index (χ1) is 5.92. The number of rotatable bonds is 1. The second-order valence-corrected chi connectivity index (χ2v) is 3.53. The van der Waals surface area contributed by atoms with Crippen LogP contribution in [0.15, 0.2) is 42.5 Å². The van der Waals surface area contributed by atoms with Gasteiger partial charge in [-0.2, -0.15) is 0 Å². The molecule has 0 aliphatic carbocycles. The van der Waals surface area contributed by atoms with Gasteiger partial charge in [-0.25, -0.2) is 0 Å². The van der Waals surface area contributed by atoms with E-state index in [0.29, 0.717) is 0 Å². The Hall–Kier alpha value is -0.570. The molecule has 0 atom stereocenters. The number of benzene rings is 2. The van der Waals surface area contributed by atoms with Gasteiger partial charge in [-0.3, -0.25) is 0 Å². The van der Waals surface area contributed by atoms with Gasteiger partial charge in [0.05, 0.1) is 0 Å². The van der Waals surface area contributed by atoms with E-state index in [4.69, 9.17) is 0 Å². The topological polar surface area (TPSA) is 0 Å². The number of fused-ring (bicyclic) bond motifs is 1. The van der Waals surface area contributed by atoms with E-state index >= 15 is 0 Å². The highest BCUT2D eigenvalue weighted by atomic mass is 127. The predicted molar refractivity (Wildman–Crippen MR) is 61.7 cm³/mol. The van der Waals surface area contributed by atoms with Gasteiger partial charge in [0.1, 0.15) is 0 Å². The van der Waals surface area contributed by atoms with Crippen LogP contribution in [0.3, 0.4) is 0 Å². The molecule has 1 heteroatoms. The Morgan fingerprint density at radius 2 is 1.67 bits per heavy atom. The lowest BCUT2D eigenvalue weighted by Gasteiger charge is -2.01. The Morgan fingerprint density at radius 1 is 0.917 bits per heavy atom. The van der Waals surface area contributed by atoms with Crippen molar-refractivity contribution < 1.29 is 0 Å². The molecule has 0 fully saturated rings. The van der Waals surface area contributed by atoms with Crippen molar-refractivity contribution in [2.45, 2.75) is 4.43 Å². The molecule has 0 aromatic heterocycles. The first kappa shape index (κ1) is 8.05. The van der Waals surface area contributed by atoms with Crippen LogP contribution < -0.4 is 0 Å². The molecule has 2 aromatic carbocycles. The van der Waals surface area contributed by atoms with Crippen molar-refractivity contribution in [3.63, 3.8) is 0 Å². The summed E-state index contributed by atoms with van der Waals surface area (Å²) in [5, 5.41) is 2.72. The standard InChI is InChI=1S/C11H9I/c12-8-10-6-3-5-9-4-1-2-7-11(9)10/h1-7H,8H2. The molecule has 60 valence electrons. The monoisotopic (exact) mass is 268 g/mol. The number of halogens is 1. The van der Waals surface area contributed by atoms with E-state index in [0.717, 1.165) is 4.43 Å². The molecule has 0 heterocycles. The summed E-state index contributed by atoms with van der Waals surface area (Å²) >= 11 is 2.40. The Bertz CT molecular complexity index is 388. The lowest BCUT2D eigenvalue weighted by atomic mass is 10.1. The van der Waals surface area contributed by atoms with E-state index in [-0.39, 0.29) is 0 Å². The van der Waals surface area contributed by atoms with Crippen LogP contribution >= 0.6 is 22.6 Å². The third kappa shape index (κ3) is 1.33. The summed E-state index contributed by atoms with van der Waals surface area (Å²) in [6.45, 7) is 0. The molecule has 0 nitrogen and oxygen atoms in total. The molecule has 0 bridgehead atoms. The molecule has 0 amide bonds. The highest BCUT2D eigenvalue weighted by Gasteiger charge is 1.96. The predicted octanol–water partition coefficient (Wildman–Crippen LogP) is 3.77.